The molecule has 3 N–H and O–H groups in total. The van der Waals surface area contributed by atoms with Crippen molar-refractivity contribution < 1.29 is 4.79 Å². The van der Waals surface area contributed by atoms with Crippen LogP contribution in [0.25, 0.3) is 0 Å². The average molecular weight is 276 g/mol. The van der Waals surface area contributed by atoms with Gasteiger partial charge in [0.05, 0.1) is 0 Å². The van der Waals surface area contributed by atoms with Crippen molar-refractivity contribution in [3.8, 4) is 0 Å². The Morgan fingerprint density at radius 3 is 2.50 bits per heavy atom. The van der Waals surface area contributed by atoms with E-state index in [2.05, 4.69) is 31.3 Å². The highest BCUT2D eigenvalue weighted by Gasteiger charge is 2.25. The van der Waals surface area contributed by atoms with Gasteiger partial charge in [0.15, 0.2) is 0 Å². The monoisotopic (exact) mass is 276 g/mol. The van der Waals surface area contributed by atoms with Gasteiger partial charge in [0.25, 0.3) is 0 Å². The average Bonchev–Trinajstić information content (AvgIpc) is 2.39. The van der Waals surface area contributed by atoms with E-state index in [1.165, 1.54) is 5.56 Å². The second-order valence-corrected chi connectivity index (χ2v) is 6.25. The Kier molecular flexibility index (Phi) is 6.73. The lowest BCUT2D eigenvalue weighted by molar-refractivity contribution is -0.123. The normalized spacial score (nSPS) is 14.1. The Bertz CT molecular complexity index is 403. The first-order chi connectivity index (χ1) is 9.45. The molecule has 0 aromatic heterocycles. The van der Waals surface area contributed by atoms with E-state index in [1.54, 1.807) is 0 Å². The maximum atomic E-state index is 12.0. The van der Waals surface area contributed by atoms with Crippen molar-refractivity contribution in [2.45, 2.75) is 52.0 Å². The van der Waals surface area contributed by atoms with E-state index in [1.807, 2.05) is 25.1 Å². The van der Waals surface area contributed by atoms with Gasteiger partial charge in [0, 0.05) is 18.5 Å². The lowest BCUT2D eigenvalue weighted by atomic mass is 9.90. The van der Waals surface area contributed by atoms with Crippen LogP contribution in [0, 0.1) is 5.92 Å². The van der Waals surface area contributed by atoms with Gasteiger partial charge in [-0.25, -0.2) is 0 Å². The molecule has 1 aromatic rings. The Labute approximate surface area is 122 Å². The largest absolute Gasteiger partial charge is 0.350 e. The van der Waals surface area contributed by atoms with Crippen LogP contribution >= 0.6 is 0 Å². The SMILES string of the molecule is CC(C)CC(C)(CN)NC(=O)CCCc1ccccc1. The summed E-state index contributed by atoms with van der Waals surface area (Å²) in [4.78, 5) is 12.0. The van der Waals surface area contributed by atoms with E-state index < -0.39 is 0 Å². The first-order valence-electron chi connectivity index (χ1n) is 7.50. The number of carbonyl (C=O) groups is 1. The van der Waals surface area contributed by atoms with Crippen molar-refractivity contribution in [3.63, 3.8) is 0 Å². The maximum absolute atomic E-state index is 12.0. The van der Waals surface area contributed by atoms with E-state index in [9.17, 15) is 4.79 Å². The molecule has 0 saturated heterocycles. The van der Waals surface area contributed by atoms with E-state index in [-0.39, 0.29) is 11.4 Å². The number of nitrogens with one attached hydrogen (secondary N) is 1. The number of hydrogen-bond acceptors (Lipinski definition) is 2. The van der Waals surface area contributed by atoms with Crippen LogP contribution in [0.5, 0.6) is 0 Å². The van der Waals surface area contributed by atoms with Crippen LogP contribution in [0.3, 0.4) is 0 Å². The molecule has 0 aliphatic heterocycles. The molecule has 0 aliphatic rings. The van der Waals surface area contributed by atoms with Gasteiger partial charge in [-0.2, -0.15) is 0 Å². The smallest absolute Gasteiger partial charge is 0.220 e. The first kappa shape index (κ1) is 16.7. The second-order valence-electron chi connectivity index (χ2n) is 6.25. The van der Waals surface area contributed by atoms with E-state index >= 15 is 0 Å². The third-order valence-corrected chi connectivity index (χ3v) is 3.46. The van der Waals surface area contributed by atoms with Gasteiger partial charge < -0.3 is 11.1 Å². The molecule has 1 aromatic carbocycles. The molecular weight excluding hydrogens is 248 g/mol. The topological polar surface area (TPSA) is 55.1 Å². The molecule has 0 aliphatic carbocycles. The van der Waals surface area contributed by atoms with Crippen molar-refractivity contribution in [2.24, 2.45) is 11.7 Å². The zero-order chi connectivity index (χ0) is 15.0. The fourth-order valence-electron chi connectivity index (χ4n) is 2.58. The molecule has 1 amide bonds. The molecule has 1 atom stereocenters. The van der Waals surface area contributed by atoms with E-state index in [4.69, 9.17) is 5.73 Å². The predicted octanol–water partition coefficient (Wildman–Crippen LogP) is 2.89. The molecule has 0 radical (unpaired) electrons. The second kappa shape index (κ2) is 8.05. The van der Waals surface area contributed by atoms with Crippen molar-refractivity contribution in [2.75, 3.05) is 6.54 Å². The van der Waals surface area contributed by atoms with Gasteiger partial charge in [-0.3, -0.25) is 4.79 Å². The van der Waals surface area contributed by atoms with Gasteiger partial charge in [0.1, 0.15) is 0 Å². The highest BCUT2D eigenvalue weighted by atomic mass is 16.1. The van der Waals surface area contributed by atoms with Gasteiger partial charge in [-0.1, -0.05) is 44.2 Å². The molecular formula is C17H28N2O. The van der Waals surface area contributed by atoms with Crippen molar-refractivity contribution in [1.29, 1.82) is 0 Å². The molecule has 3 nitrogen and oxygen atoms in total. The molecule has 0 spiro atoms. The zero-order valence-electron chi connectivity index (χ0n) is 13.0. The lowest BCUT2D eigenvalue weighted by Gasteiger charge is -2.31. The summed E-state index contributed by atoms with van der Waals surface area (Å²) in [6.45, 7) is 6.81. The predicted molar refractivity (Wildman–Crippen MR) is 84.4 cm³/mol. The summed E-state index contributed by atoms with van der Waals surface area (Å²) in [5.74, 6) is 0.627. The van der Waals surface area contributed by atoms with Gasteiger partial charge >= 0.3 is 0 Å². The molecule has 0 heterocycles. The Morgan fingerprint density at radius 1 is 1.30 bits per heavy atom. The molecule has 0 saturated carbocycles. The van der Waals surface area contributed by atoms with Crippen LogP contribution in [0.4, 0.5) is 0 Å². The summed E-state index contributed by atoms with van der Waals surface area (Å²) in [5.41, 5.74) is 6.81. The Balaban J connectivity index is 2.35. The number of rotatable bonds is 8. The van der Waals surface area contributed by atoms with Crippen LogP contribution in [-0.2, 0) is 11.2 Å². The minimum atomic E-state index is -0.280. The third kappa shape index (κ3) is 6.20. The fourth-order valence-corrected chi connectivity index (χ4v) is 2.58. The molecule has 0 bridgehead atoms. The highest BCUT2D eigenvalue weighted by Crippen LogP contribution is 2.15. The van der Waals surface area contributed by atoms with Crippen molar-refractivity contribution >= 4 is 5.91 Å². The van der Waals surface area contributed by atoms with Gasteiger partial charge in [-0.15, -0.1) is 0 Å². The lowest BCUT2D eigenvalue weighted by Crippen LogP contribution is -2.52. The number of amides is 1. The first-order valence-corrected chi connectivity index (χ1v) is 7.50. The van der Waals surface area contributed by atoms with Crippen molar-refractivity contribution in [3.05, 3.63) is 35.9 Å². The Morgan fingerprint density at radius 2 is 1.95 bits per heavy atom. The quantitative estimate of drug-likeness (QED) is 0.767. The Hall–Kier alpha value is -1.35. The summed E-state index contributed by atoms with van der Waals surface area (Å²) in [5, 5.41) is 3.10. The van der Waals surface area contributed by atoms with Crippen LogP contribution < -0.4 is 11.1 Å². The number of nitrogens with two attached hydrogens (primary N) is 1. The fraction of sp³-hybridized carbons (Fsp3) is 0.588. The minimum Gasteiger partial charge on any atom is -0.350 e. The zero-order valence-corrected chi connectivity index (χ0v) is 13.0. The molecule has 0 fully saturated rings. The summed E-state index contributed by atoms with van der Waals surface area (Å²) in [7, 11) is 0. The number of carbonyl (C=O) groups excluding carboxylic acids is 1. The van der Waals surface area contributed by atoms with Gasteiger partial charge in [0.2, 0.25) is 5.91 Å². The van der Waals surface area contributed by atoms with Crippen LogP contribution in [0.1, 0.15) is 45.6 Å². The summed E-state index contributed by atoms with van der Waals surface area (Å²) >= 11 is 0. The number of aryl methyl sites for hydroxylation is 1. The number of benzene rings is 1. The van der Waals surface area contributed by atoms with E-state index in [0.717, 1.165) is 19.3 Å². The molecule has 1 unspecified atom stereocenters. The highest BCUT2D eigenvalue weighted by molar-refractivity contribution is 5.76. The number of hydrogen-bond donors (Lipinski definition) is 2. The molecule has 20 heavy (non-hydrogen) atoms. The van der Waals surface area contributed by atoms with Crippen LogP contribution in [0.15, 0.2) is 30.3 Å². The molecule has 3 heteroatoms. The summed E-state index contributed by atoms with van der Waals surface area (Å²) in [6, 6.07) is 10.3. The van der Waals surface area contributed by atoms with Crippen LogP contribution in [0.2, 0.25) is 0 Å². The van der Waals surface area contributed by atoms with Crippen molar-refractivity contribution in [1.82, 2.24) is 5.32 Å². The minimum absolute atomic E-state index is 0.106. The van der Waals surface area contributed by atoms with Gasteiger partial charge in [-0.05, 0) is 37.7 Å². The standard InChI is InChI=1S/C17H28N2O/c1-14(2)12-17(3,13-18)19-16(20)11-7-10-15-8-5-4-6-9-15/h4-6,8-9,14H,7,10-13,18H2,1-3H3,(H,19,20). The molecule has 112 valence electrons. The summed E-state index contributed by atoms with van der Waals surface area (Å²) in [6.07, 6.45) is 3.28. The molecule has 1 rings (SSSR count). The van der Waals surface area contributed by atoms with Crippen LogP contribution in [-0.4, -0.2) is 18.0 Å². The summed E-state index contributed by atoms with van der Waals surface area (Å²) < 4.78 is 0. The maximum Gasteiger partial charge on any atom is 0.220 e. The third-order valence-electron chi connectivity index (χ3n) is 3.46. The van der Waals surface area contributed by atoms with E-state index in [0.29, 0.717) is 18.9 Å².